The molecule has 0 amide bonds. The number of quaternary nitrogens is 1. The van der Waals surface area contributed by atoms with Crippen LogP contribution in [0.15, 0.2) is 12.2 Å². The van der Waals surface area contributed by atoms with Crippen LogP contribution in [0.25, 0.3) is 0 Å². The average Bonchev–Trinajstić information content (AvgIpc) is 2.49. The summed E-state index contributed by atoms with van der Waals surface area (Å²) in [5.74, 6) is -0.599. The number of ether oxygens (including phenoxy) is 1. The number of carbonyl (C=O) groups is 1. The van der Waals surface area contributed by atoms with Gasteiger partial charge in [0.15, 0.2) is 0 Å². The highest BCUT2D eigenvalue weighted by Gasteiger charge is 2.33. The molecule has 25 heavy (non-hydrogen) atoms. The highest BCUT2D eigenvalue weighted by Crippen LogP contribution is 2.22. The monoisotopic (exact) mass is 378 g/mol. The zero-order valence-electron chi connectivity index (χ0n) is 16.5. The quantitative estimate of drug-likeness (QED) is 0.230. The van der Waals surface area contributed by atoms with E-state index >= 15 is 0 Å². The molecule has 2 unspecified atom stereocenters. The average molecular weight is 379 g/mol. The van der Waals surface area contributed by atoms with Crippen molar-refractivity contribution in [1.29, 1.82) is 0 Å². The van der Waals surface area contributed by atoms with Gasteiger partial charge < -0.3 is 9.22 Å². The van der Waals surface area contributed by atoms with E-state index in [1.807, 2.05) is 13.8 Å². The molecule has 1 N–H and O–H groups in total. The first-order valence-electron chi connectivity index (χ1n) is 9.14. The number of hydrogen-bond donors (Lipinski definition) is 1. The zero-order valence-corrected chi connectivity index (χ0v) is 17.3. The number of nitrogens with zero attached hydrogens (tertiary/aromatic N) is 1. The fraction of sp³-hybridized carbons (Fsp3) is 0.833. The summed E-state index contributed by atoms with van der Waals surface area (Å²) in [6, 6.07) is 0.103. The number of esters is 1. The van der Waals surface area contributed by atoms with Crippen LogP contribution in [0.5, 0.6) is 0 Å². The summed E-state index contributed by atoms with van der Waals surface area (Å²) in [6.45, 7) is 16.0. The fourth-order valence-corrected chi connectivity index (χ4v) is 3.90. The second-order valence-electron chi connectivity index (χ2n) is 7.10. The highest BCUT2D eigenvalue weighted by molar-refractivity contribution is 7.85. The molecule has 0 aromatic heterocycles. The van der Waals surface area contributed by atoms with Gasteiger partial charge in [-0.3, -0.25) is 4.55 Å². The van der Waals surface area contributed by atoms with Crippen LogP contribution < -0.4 is 0 Å². The largest absolute Gasteiger partial charge is 0.459 e. The van der Waals surface area contributed by atoms with E-state index in [1.54, 1.807) is 6.92 Å². The van der Waals surface area contributed by atoms with Crippen LogP contribution in [-0.2, 0) is 19.6 Å². The van der Waals surface area contributed by atoms with Crippen LogP contribution in [0.4, 0.5) is 0 Å². The predicted molar refractivity (Wildman–Crippen MR) is 101 cm³/mol. The Morgan fingerprint density at radius 1 is 1.12 bits per heavy atom. The van der Waals surface area contributed by atoms with E-state index in [-0.39, 0.29) is 23.9 Å². The van der Waals surface area contributed by atoms with E-state index in [0.717, 1.165) is 37.0 Å². The second kappa shape index (κ2) is 10.9. The van der Waals surface area contributed by atoms with Crippen LogP contribution in [0.2, 0.25) is 0 Å². The van der Waals surface area contributed by atoms with Crippen molar-refractivity contribution in [3.05, 3.63) is 12.2 Å². The van der Waals surface area contributed by atoms with Gasteiger partial charge in [0.25, 0.3) is 10.1 Å². The molecule has 2 atom stereocenters. The van der Waals surface area contributed by atoms with Gasteiger partial charge >= 0.3 is 5.97 Å². The van der Waals surface area contributed by atoms with Gasteiger partial charge in [0, 0.05) is 18.4 Å². The van der Waals surface area contributed by atoms with Crippen LogP contribution in [-0.4, -0.2) is 61.0 Å². The maximum absolute atomic E-state index is 11.7. The summed E-state index contributed by atoms with van der Waals surface area (Å²) < 4.78 is 37.4. The smallest absolute Gasteiger partial charge is 0.333 e. The number of rotatable bonds is 13. The Bertz CT molecular complexity index is 524. The molecule has 148 valence electrons. The minimum Gasteiger partial charge on any atom is -0.459 e. The Hall–Kier alpha value is -0.920. The number of hydrogen-bond acceptors (Lipinski definition) is 4. The molecule has 0 saturated carbocycles. The molecule has 0 radical (unpaired) electrons. The first-order valence-corrected chi connectivity index (χ1v) is 10.8. The van der Waals surface area contributed by atoms with Gasteiger partial charge in [0.05, 0.1) is 31.4 Å². The maximum Gasteiger partial charge on any atom is 0.333 e. The van der Waals surface area contributed by atoms with Crippen molar-refractivity contribution in [3.63, 3.8) is 0 Å². The molecule has 0 aliphatic rings. The molecule has 0 aromatic carbocycles. The topological polar surface area (TPSA) is 80.7 Å². The summed E-state index contributed by atoms with van der Waals surface area (Å²) in [6.07, 6.45) is 2.87. The molecule has 0 aliphatic carbocycles. The summed E-state index contributed by atoms with van der Waals surface area (Å²) >= 11 is 0. The minimum absolute atomic E-state index is 0.103. The normalized spacial score (nSPS) is 14.8. The standard InChI is InChI=1S/C18H35NO5S/c1-7-11-19(12-8-2,16(5)10-14-25(21,22)23)13-9-17(6)24-18(20)15(3)4/h16-17H,3,7-14H2,1-2,4-6H3/p+1. The van der Waals surface area contributed by atoms with Gasteiger partial charge in [-0.05, 0) is 33.6 Å². The minimum atomic E-state index is -3.96. The lowest BCUT2D eigenvalue weighted by Crippen LogP contribution is -2.56. The van der Waals surface area contributed by atoms with Crippen molar-refractivity contribution in [2.75, 3.05) is 25.4 Å². The molecule has 0 saturated heterocycles. The van der Waals surface area contributed by atoms with E-state index in [0.29, 0.717) is 18.4 Å². The van der Waals surface area contributed by atoms with Crippen molar-refractivity contribution in [2.45, 2.75) is 72.4 Å². The van der Waals surface area contributed by atoms with Crippen molar-refractivity contribution in [1.82, 2.24) is 0 Å². The van der Waals surface area contributed by atoms with E-state index in [9.17, 15) is 13.2 Å². The van der Waals surface area contributed by atoms with Gasteiger partial charge in [-0.15, -0.1) is 0 Å². The molecule has 7 heteroatoms. The van der Waals surface area contributed by atoms with Crippen molar-refractivity contribution in [2.24, 2.45) is 0 Å². The third kappa shape index (κ3) is 9.37. The predicted octanol–water partition coefficient (Wildman–Crippen LogP) is 3.19. The SMILES string of the molecule is C=C(C)C(=O)OC(C)CC[N+](CCC)(CCC)C(C)CCS(=O)(=O)O. The Morgan fingerprint density at radius 3 is 2.04 bits per heavy atom. The van der Waals surface area contributed by atoms with Crippen LogP contribution in [0, 0.1) is 0 Å². The molecule has 0 fully saturated rings. The van der Waals surface area contributed by atoms with Gasteiger partial charge in [-0.1, -0.05) is 20.4 Å². The van der Waals surface area contributed by atoms with Crippen molar-refractivity contribution < 1.29 is 27.0 Å². The van der Waals surface area contributed by atoms with Crippen LogP contribution in [0.1, 0.15) is 60.3 Å². The lowest BCUT2D eigenvalue weighted by Gasteiger charge is -2.44. The Kier molecular flexibility index (Phi) is 10.5. The molecular formula is C18H36NO5S+. The van der Waals surface area contributed by atoms with Gasteiger partial charge in [0.2, 0.25) is 0 Å². The van der Waals surface area contributed by atoms with Gasteiger partial charge in [-0.25, -0.2) is 4.79 Å². The summed E-state index contributed by atoms with van der Waals surface area (Å²) in [4.78, 5) is 11.7. The molecule has 6 nitrogen and oxygen atoms in total. The summed E-state index contributed by atoms with van der Waals surface area (Å²) in [5.41, 5.74) is 0.385. The first kappa shape index (κ1) is 24.1. The highest BCUT2D eigenvalue weighted by atomic mass is 32.2. The van der Waals surface area contributed by atoms with Gasteiger partial charge in [0.1, 0.15) is 6.10 Å². The summed E-state index contributed by atoms with van der Waals surface area (Å²) in [5, 5.41) is 0. The second-order valence-corrected chi connectivity index (χ2v) is 8.67. The molecule has 0 rings (SSSR count). The maximum atomic E-state index is 11.7. The first-order chi connectivity index (χ1) is 11.5. The van der Waals surface area contributed by atoms with Gasteiger partial charge in [-0.2, -0.15) is 8.42 Å². The third-order valence-electron chi connectivity index (χ3n) is 4.70. The Labute approximate surface area is 153 Å². The lowest BCUT2D eigenvalue weighted by molar-refractivity contribution is -0.950. The lowest BCUT2D eigenvalue weighted by atomic mass is 10.1. The molecule has 0 aliphatic heterocycles. The van der Waals surface area contributed by atoms with Crippen molar-refractivity contribution >= 4 is 16.1 Å². The van der Waals surface area contributed by atoms with E-state index in [4.69, 9.17) is 9.29 Å². The van der Waals surface area contributed by atoms with Crippen LogP contribution in [0.3, 0.4) is 0 Å². The molecule has 0 spiro atoms. The van der Waals surface area contributed by atoms with E-state index in [1.165, 1.54) is 0 Å². The van der Waals surface area contributed by atoms with Crippen LogP contribution >= 0.6 is 0 Å². The zero-order chi connectivity index (χ0) is 19.7. The molecule has 0 aromatic rings. The Balaban J connectivity index is 5.06. The third-order valence-corrected chi connectivity index (χ3v) is 5.46. The molecule has 0 bridgehead atoms. The molecular weight excluding hydrogens is 342 g/mol. The number of carbonyl (C=O) groups excluding carboxylic acids is 1. The van der Waals surface area contributed by atoms with E-state index in [2.05, 4.69) is 20.4 Å². The Morgan fingerprint density at radius 2 is 1.64 bits per heavy atom. The van der Waals surface area contributed by atoms with E-state index < -0.39 is 10.1 Å². The fourth-order valence-electron chi connectivity index (χ4n) is 3.26. The molecule has 0 heterocycles. The summed E-state index contributed by atoms with van der Waals surface area (Å²) in [7, 11) is -3.96. The van der Waals surface area contributed by atoms with Crippen molar-refractivity contribution in [3.8, 4) is 0 Å².